The first-order valence-electron chi connectivity index (χ1n) is 9.68. The summed E-state index contributed by atoms with van der Waals surface area (Å²) >= 11 is 0. The Morgan fingerprint density at radius 2 is 2.15 bits per heavy atom. The quantitative estimate of drug-likeness (QED) is 0.633. The van der Waals surface area contributed by atoms with Crippen LogP contribution in [0.25, 0.3) is 0 Å². The maximum absolute atomic E-state index is 5.41. The molecule has 0 spiro atoms. The second kappa shape index (κ2) is 8.88. The maximum atomic E-state index is 5.41. The van der Waals surface area contributed by atoms with Crippen molar-refractivity contribution in [1.82, 2.24) is 15.4 Å². The number of nitrogens with one attached hydrogen (secondary N) is 1. The molecular formula is C21H30N4O. The average Bonchev–Trinajstić information content (AvgIpc) is 3.29. The summed E-state index contributed by atoms with van der Waals surface area (Å²) in [6.45, 7) is 9.84. The minimum Gasteiger partial charge on any atom is -0.359 e. The second-order valence-corrected chi connectivity index (χ2v) is 7.33. The molecule has 1 aromatic heterocycles. The molecule has 1 aliphatic rings. The van der Waals surface area contributed by atoms with Crippen molar-refractivity contribution in [3.05, 3.63) is 53.4 Å². The van der Waals surface area contributed by atoms with Crippen molar-refractivity contribution in [2.45, 2.75) is 46.1 Å². The molecule has 0 amide bonds. The highest BCUT2D eigenvalue weighted by Gasteiger charge is 2.25. The Balaban J connectivity index is 1.60. The van der Waals surface area contributed by atoms with Crippen molar-refractivity contribution < 1.29 is 4.52 Å². The van der Waals surface area contributed by atoms with Gasteiger partial charge in [-0.2, -0.15) is 0 Å². The maximum Gasteiger partial charge on any atom is 0.194 e. The van der Waals surface area contributed by atoms with Crippen LogP contribution in [0.2, 0.25) is 0 Å². The highest BCUT2D eigenvalue weighted by Crippen LogP contribution is 2.21. The summed E-state index contributed by atoms with van der Waals surface area (Å²) in [5, 5.41) is 7.54. The van der Waals surface area contributed by atoms with Gasteiger partial charge in [-0.05, 0) is 37.2 Å². The fourth-order valence-electron chi connectivity index (χ4n) is 3.39. The molecule has 3 rings (SSSR count). The van der Waals surface area contributed by atoms with E-state index in [9.17, 15) is 0 Å². The first-order chi connectivity index (χ1) is 12.7. The fraction of sp³-hybridized carbons (Fsp3) is 0.524. The van der Waals surface area contributed by atoms with E-state index >= 15 is 0 Å². The van der Waals surface area contributed by atoms with Crippen LogP contribution in [0.3, 0.4) is 0 Å². The molecule has 1 fully saturated rings. The third-order valence-corrected chi connectivity index (χ3v) is 4.84. The SMILES string of the molecule is CCNC(=NCc1cc(C(C)C)no1)N1CCC(Cc2ccccc2)C1. The summed E-state index contributed by atoms with van der Waals surface area (Å²) < 4.78 is 5.41. The van der Waals surface area contributed by atoms with E-state index in [1.165, 1.54) is 12.0 Å². The molecule has 1 atom stereocenters. The number of nitrogens with zero attached hydrogens (tertiary/aromatic N) is 3. The van der Waals surface area contributed by atoms with Gasteiger partial charge in [0.2, 0.25) is 0 Å². The van der Waals surface area contributed by atoms with E-state index in [-0.39, 0.29) is 0 Å². The highest BCUT2D eigenvalue weighted by atomic mass is 16.5. The van der Waals surface area contributed by atoms with E-state index in [4.69, 9.17) is 9.52 Å². The lowest BCUT2D eigenvalue weighted by atomic mass is 9.99. The summed E-state index contributed by atoms with van der Waals surface area (Å²) in [6.07, 6.45) is 2.34. The molecule has 0 saturated carbocycles. The van der Waals surface area contributed by atoms with Crippen LogP contribution in [0.1, 0.15) is 50.1 Å². The fourth-order valence-corrected chi connectivity index (χ4v) is 3.39. The topological polar surface area (TPSA) is 53.7 Å². The molecule has 26 heavy (non-hydrogen) atoms. The van der Waals surface area contributed by atoms with Crippen LogP contribution in [0.5, 0.6) is 0 Å². The average molecular weight is 354 g/mol. The van der Waals surface area contributed by atoms with Crippen molar-refractivity contribution in [2.75, 3.05) is 19.6 Å². The van der Waals surface area contributed by atoms with E-state index in [0.717, 1.165) is 43.5 Å². The molecular weight excluding hydrogens is 324 g/mol. The monoisotopic (exact) mass is 354 g/mol. The predicted molar refractivity (Wildman–Crippen MR) is 105 cm³/mol. The summed E-state index contributed by atoms with van der Waals surface area (Å²) in [7, 11) is 0. The van der Waals surface area contributed by atoms with Gasteiger partial charge in [-0.25, -0.2) is 4.99 Å². The van der Waals surface area contributed by atoms with Gasteiger partial charge in [-0.3, -0.25) is 0 Å². The van der Waals surface area contributed by atoms with Gasteiger partial charge in [0.25, 0.3) is 0 Å². The molecule has 5 heteroatoms. The van der Waals surface area contributed by atoms with Crippen LogP contribution in [0.4, 0.5) is 0 Å². The van der Waals surface area contributed by atoms with Gasteiger partial charge in [0, 0.05) is 25.7 Å². The summed E-state index contributed by atoms with van der Waals surface area (Å²) in [5.41, 5.74) is 2.41. The molecule has 1 saturated heterocycles. The number of aliphatic imine (C=N–C) groups is 1. The van der Waals surface area contributed by atoms with Crippen molar-refractivity contribution in [2.24, 2.45) is 10.9 Å². The van der Waals surface area contributed by atoms with Crippen LogP contribution in [-0.4, -0.2) is 35.7 Å². The van der Waals surface area contributed by atoms with Gasteiger partial charge in [-0.1, -0.05) is 49.3 Å². The summed E-state index contributed by atoms with van der Waals surface area (Å²) in [6, 6.07) is 12.8. The first-order valence-corrected chi connectivity index (χ1v) is 9.68. The van der Waals surface area contributed by atoms with Crippen LogP contribution in [-0.2, 0) is 13.0 Å². The second-order valence-electron chi connectivity index (χ2n) is 7.33. The molecule has 0 aliphatic carbocycles. The molecule has 1 aliphatic heterocycles. The highest BCUT2D eigenvalue weighted by molar-refractivity contribution is 5.80. The van der Waals surface area contributed by atoms with Gasteiger partial charge in [0.1, 0.15) is 6.54 Å². The molecule has 1 unspecified atom stereocenters. The van der Waals surface area contributed by atoms with Crippen LogP contribution in [0.15, 0.2) is 45.9 Å². The number of rotatable bonds is 6. The van der Waals surface area contributed by atoms with E-state index in [0.29, 0.717) is 18.4 Å². The van der Waals surface area contributed by atoms with Gasteiger partial charge in [-0.15, -0.1) is 0 Å². The van der Waals surface area contributed by atoms with E-state index in [2.05, 4.69) is 66.5 Å². The number of benzene rings is 1. The van der Waals surface area contributed by atoms with Crippen molar-refractivity contribution in [3.63, 3.8) is 0 Å². The Bertz CT molecular complexity index is 708. The lowest BCUT2D eigenvalue weighted by Crippen LogP contribution is -2.40. The molecule has 5 nitrogen and oxygen atoms in total. The van der Waals surface area contributed by atoms with Crippen LogP contribution in [0, 0.1) is 5.92 Å². The van der Waals surface area contributed by atoms with Crippen molar-refractivity contribution in [3.8, 4) is 0 Å². The van der Waals surface area contributed by atoms with E-state index in [1.54, 1.807) is 0 Å². The Hall–Kier alpha value is -2.30. The minimum absolute atomic E-state index is 0.377. The lowest BCUT2D eigenvalue weighted by molar-refractivity contribution is 0.375. The van der Waals surface area contributed by atoms with Gasteiger partial charge in [0.15, 0.2) is 11.7 Å². The molecule has 140 valence electrons. The van der Waals surface area contributed by atoms with Crippen molar-refractivity contribution in [1.29, 1.82) is 0 Å². The smallest absolute Gasteiger partial charge is 0.194 e. The minimum atomic E-state index is 0.377. The standard InChI is InChI=1S/C21H30N4O/c1-4-22-21(23-14-19-13-20(16(2)3)24-26-19)25-11-10-18(15-25)12-17-8-6-5-7-9-17/h5-9,13,16,18H,4,10-12,14-15H2,1-3H3,(H,22,23). The number of aromatic nitrogens is 1. The van der Waals surface area contributed by atoms with E-state index < -0.39 is 0 Å². The molecule has 1 N–H and O–H groups in total. The number of guanidine groups is 1. The Kier molecular flexibility index (Phi) is 6.31. The lowest BCUT2D eigenvalue weighted by Gasteiger charge is -2.21. The number of hydrogen-bond acceptors (Lipinski definition) is 3. The zero-order valence-corrected chi connectivity index (χ0v) is 16.1. The van der Waals surface area contributed by atoms with Gasteiger partial charge >= 0.3 is 0 Å². The summed E-state index contributed by atoms with van der Waals surface area (Å²) in [4.78, 5) is 7.15. The molecule has 0 bridgehead atoms. The Labute approximate surface area is 156 Å². The van der Waals surface area contributed by atoms with Crippen molar-refractivity contribution >= 4 is 5.96 Å². The molecule has 2 aromatic rings. The normalized spacial score (nSPS) is 17.9. The number of likely N-dealkylation sites (tertiary alicyclic amines) is 1. The first kappa shape index (κ1) is 18.5. The zero-order valence-electron chi connectivity index (χ0n) is 16.1. The van der Waals surface area contributed by atoms with Gasteiger partial charge in [0.05, 0.1) is 5.69 Å². The Morgan fingerprint density at radius 1 is 1.35 bits per heavy atom. The zero-order chi connectivity index (χ0) is 18.4. The third kappa shape index (κ3) is 4.87. The van der Waals surface area contributed by atoms with Crippen LogP contribution >= 0.6 is 0 Å². The number of hydrogen-bond donors (Lipinski definition) is 1. The van der Waals surface area contributed by atoms with E-state index in [1.807, 2.05) is 6.07 Å². The van der Waals surface area contributed by atoms with Crippen LogP contribution < -0.4 is 5.32 Å². The molecule has 1 aromatic carbocycles. The largest absolute Gasteiger partial charge is 0.359 e. The Morgan fingerprint density at radius 3 is 2.85 bits per heavy atom. The molecule has 2 heterocycles. The third-order valence-electron chi connectivity index (χ3n) is 4.84. The van der Waals surface area contributed by atoms with Gasteiger partial charge < -0.3 is 14.7 Å². The molecule has 0 radical (unpaired) electrons. The summed E-state index contributed by atoms with van der Waals surface area (Å²) in [5.74, 6) is 2.86. The predicted octanol–water partition coefficient (Wildman–Crippen LogP) is 3.83.